The SMILES string of the molecule is O=C1C=C(O)CCCc2ccc(cc2)CCc2ccnc(c2)-c2cccc(c2)CCCCCCCCc2cccc(c2)-c2cc(ccn2)CCc2ccc(cc2)CCC1. The molecule has 6 aromatic rings. The second-order valence-corrected chi connectivity index (χ2v) is 16.6. The van der Waals surface area contributed by atoms with Gasteiger partial charge < -0.3 is 5.11 Å². The number of carbonyl (C=O) groups is 1. The second kappa shape index (κ2) is 22.0. The van der Waals surface area contributed by atoms with E-state index in [0.717, 1.165) is 75.6 Å². The van der Waals surface area contributed by atoms with Crippen LogP contribution < -0.4 is 0 Å². The van der Waals surface area contributed by atoms with Crippen LogP contribution in [-0.2, 0) is 56.2 Å². The van der Waals surface area contributed by atoms with Gasteiger partial charge in [-0.15, -0.1) is 0 Å². The molecule has 59 heavy (non-hydrogen) atoms. The maximum absolute atomic E-state index is 12.6. The quantitative estimate of drug-likeness (QED) is 0.167. The number of pyridine rings is 2. The molecule has 302 valence electrons. The number of fused-ring (bicyclic) bond motifs is 2. The van der Waals surface area contributed by atoms with Crippen LogP contribution in [0.1, 0.15) is 109 Å². The molecule has 4 aromatic carbocycles. The lowest BCUT2D eigenvalue weighted by molar-refractivity contribution is -0.114. The summed E-state index contributed by atoms with van der Waals surface area (Å²) in [6.45, 7) is 0. The Morgan fingerprint density at radius 3 is 1.24 bits per heavy atom. The van der Waals surface area contributed by atoms with Crippen molar-refractivity contribution in [3.8, 4) is 22.5 Å². The highest BCUT2D eigenvalue weighted by molar-refractivity contribution is 5.89. The van der Waals surface area contributed by atoms with Gasteiger partial charge in [0.05, 0.1) is 17.1 Å². The van der Waals surface area contributed by atoms with Crippen LogP contribution in [0.4, 0.5) is 0 Å². The Labute approximate surface area is 352 Å². The Kier molecular flexibility index (Phi) is 15.5. The molecule has 0 unspecified atom stereocenters. The minimum Gasteiger partial charge on any atom is -0.512 e. The fourth-order valence-corrected chi connectivity index (χ4v) is 8.31. The number of carbonyl (C=O) groups excluding carboxylic acids is 1. The maximum Gasteiger partial charge on any atom is 0.159 e. The molecule has 0 fully saturated rings. The number of hydrogen-bond acceptors (Lipinski definition) is 4. The summed E-state index contributed by atoms with van der Waals surface area (Å²) in [7, 11) is 0. The Morgan fingerprint density at radius 2 is 0.746 bits per heavy atom. The zero-order valence-corrected chi connectivity index (χ0v) is 34.8. The third-order valence-electron chi connectivity index (χ3n) is 11.8. The van der Waals surface area contributed by atoms with E-state index in [4.69, 9.17) is 9.97 Å². The molecule has 2 aromatic heterocycles. The third kappa shape index (κ3) is 13.5. The van der Waals surface area contributed by atoms with Crippen molar-refractivity contribution in [3.05, 3.63) is 190 Å². The molecule has 3 aliphatic carbocycles. The van der Waals surface area contributed by atoms with E-state index in [9.17, 15) is 9.90 Å². The number of ketones is 1. The Hall–Kier alpha value is -5.61. The van der Waals surface area contributed by atoms with Gasteiger partial charge in [0, 0.05) is 42.4 Å². The lowest BCUT2D eigenvalue weighted by atomic mass is 9.98. The van der Waals surface area contributed by atoms with Crippen LogP contribution in [-0.4, -0.2) is 20.9 Å². The van der Waals surface area contributed by atoms with E-state index < -0.39 is 0 Å². The summed E-state index contributed by atoms with van der Waals surface area (Å²) in [5, 5.41) is 10.5. The molecule has 12 bridgehead atoms. The van der Waals surface area contributed by atoms with Gasteiger partial charge in [0.1, 0.15) is 0 Å². The van der Waals surface area contributed by atoms with Crippen LogP contribution in [0.3, 0.4) is 0 Å². The molecule has 4 heteroatoms. The van der Waals surface area contributed by atoms with Crippen molar-refractivity contribution in [1.29, 1.82) is 0 Å². The summed E-state index contributed by atoms with van der Waals surface area (Å²) < 4.78 is 0. The van der Waals surface area contributed by atoms with Gasteiger partial charge in [-0.3, -0.25) is 14.8 Å². The molecule has 0 saturated carbocycles. The summed E-state index contributed by atoms with van der Waals surface area (Å²) in [6.07, 6.45) is 23.2. The first kappa shape index (κ1) is 41.5. The average Bonchev–Trinajstić information content (AvgIpc) is 3.27. The zero-order chi connectivity index (χ0) is 40.5. The first-order valence-corrected chi connectivity index (χ1v) is 22.2. The molecular weight excluding hydrogens is 721 g/mol. The molecule has 9 rings (SSSR count). The van der Waals surface area contributed by atoms with Crippen molar-refractivity contribution < 1.29 is 9.90 Å². The Morgan fingerprint density at radius 1 is 0.356 bits per heavy atom. The van der Waals surface area contributed by atoms with Crippen LogP contribution in [0.15, 0.2) is 146 Å². The van der Waals surface area contributed by atoms with Crippen molar-refractivity contribution >= 4 is 5.78 Å². The minimum atomic E-state index is -0.00260. The smallest absolute Gasteiger partial charge is 0.159 e. The monoisotopic (exact) mass is 780 g/mol. The van der Waals surface area contributed by atoms with Crippen molar-refractivity contribution in [1.82, 2.24) is 9.97 Å². The van der Waals surface area contributed by atoms with Crippen molar-refractivity contribution in [3.63, 3.8) is 0 Å². The van der Waals surface area contributed by atoms with Crippen molar-refractivity contribution in [2.45, 2.75) is 116 Å². The Bertz CT molecular complexity index is 2270. The maximum atomic E-state index is 12.6. The summed E-state index contributed by atoms with van der Waals surface area (Å²) in [6, 6.07) is 44.4. The highest BCUT2D eigenvalue weighted by Crippen LogP contribution is 2.24. The highest BCUT2D eigenvalue weighted by Gasteiger charge is 2.08. The van der Waals surface area contributed by atoms with Gasteiger partial charge in [-0.1, -0.05) is 111 Å². The van der Waals surface area contributed by atoms with Gasteiger partial charge in [0.15, 0.2) is 5.78 Å². The largest absolute Gasteiger partial charge is 0.512 e. The minimum absolute atomic E-state index is 0.00260. The van der Waals surface area contributed by atoms with E-state index >= 15 is 0 Å². The zero-order valence-electron chi connectivity index (χ0n) is 34.8. The number of hydrogen-bond donors (Lipinski definition) is 1. The fourth-order valence-electron chi connectivity index (χ4n) is 8.31. The third-order valence-corrected chi connectivity index (χ3v) is 11.8. The average molecular weight is 781 g/mol. The topological polar surface area (TPSA) is 63.1 Å². The molecule has 0 atom stereocenters. The molecular formula is C55H60N2O2. The number of aromatic nitrogens is 2. The predicted octanol–water partition coefficient (Wildman–Crippen LogP) is 13.2. The van der Waals surface area contributed by atoms with Gasteiger partial charge in [0.25, 0.3) is 0 Å². The number of aliphatic hydroxyl groups excluding tert-OH is 1. The lowest BCUT2D eigenvalue weighted by Gasteiger charge is -2.09. The first-order chi connectivity index (χ1) is 29.0. The van der Waals surface area contributed by atoms with Gasteiger partial charge >= 0.3 is 0 Å². The summed E-state index contributed by atoms with van der Waals surface area (Å²) in [5.41, 5.74) is 15.0. The fraction of sp³-hybridized carbons (Fsp3) is 0.327. The standard InChI is InChI=1S/C55H60N2O2/c58-52-19-9-13-42-21-25-44(26-22-42)29-31-48-33-35-56-54(39-48)50-17-7-15-46(37-50)11-5-3-1-2-4-6-12-47-16-8-18-51(38-47)55-40-49(34-36-57-55)32-30-45-27-23-43(24-28-45)14-10-20-53(59)41-52/h7-8,15-18,21-28,33-41,58H,1-6,9-14,19-20,29-32H2. The van der Waals surface area contributed by atoms with Gasteiger partial charge in [0.2, 0.25) is 0 Å². The molecule has 1 N–H and O–H groups in total. The normalized spacial score (nSPS) is 15.8. The van der Waals surface area contributed by atoms with Crippen LogP contribution in [0.25, 0.3) is 22.5 Å². The van der Waals surface area contributed by atoms with E-state index in [1.165, 1.54) is 100 Å². The molecule has 0 amide bonds. The predicted molar refractivity (Wildman–Crippen MR) is 244 cm³/mol. The van der Waals surface area contributed by atoms with Crippen LogP contribution in [0.2, 0.25) is 0 Å². The molecule has 4 nitrogen and oxygen atoms in total. The summed E-state index contributed by atoms with van der Waals surface area (Å²) in [4.78, 5) is 22.1. The highest BCUT2D eigenvalue weighted by atomic mass is 16.3. The second-order valence-electron chi connectivity index (χ2n) is 16.6. The van der Waals surface area contributed by atoms with E-state index in [2.05, 4.69) is 121 Å². The van der Waals surface area contributed by atoms with E-state index in [1.54, 1.807) is 0 Å². The molecule has 0 aliphatic heterocycles. The van der Waals surface area contributed by atoms with Crippen LogP contribution in [0, 0.1) is 0 Å². The molecule has 2 heterocycles. The van der Waals surface area contributed by atoms with E-state index in [1.807, 2.05) is 12.4 Å². The Balaban J connectivity index is 0.971. The van der Waals surface area contributed by atoms with Crippen LogP contribution in [0.5, 0.6) is 0 Å². The van der Waals surface area contributed by atoms with Crippen LogP contribution >= 0.6 is 0 Å². The lowest BCUT2D eigenvalue weighted by Crippen LogP contribution is -1.98. The van der Waals surface area contributed by atoms with Crippen molar-refractivity contribution in [2.75, 3.05) is 0 Å². The van der Waals surface area contributed by atoms with Gasteiger partial charge in [-0.2, -0.15) is 0 Å². The molecule has 0 radical (unpaired) electrons. The number of rotatable bonds is 0. The number of aryl methyl sites for hydroxylation is 8. The number of aliphatic hydroxyl groups is 1. The van der Waals surface area contributed by atoms with Gasteiger partial charge in [-0.05, 0) is 158 Å². The number of allylic oxidation sites excluding steroid dienone is 2. The van der Waals surface area contributed by atoms with E-state index in [0.29, 0.717) is 12.8 Å². The molecule has 0 spiro atoms. The number of nitrogens with zero attached hydrogens (tertiary/aromatic N) is 2. The number of benzene rings is 4. The first-order valence-electron chi connectivity index (χ1n) is 22.2. The summed E-state index contributed by atoms with van der Waals surface area (Å²) >= 11 is 0. The molecule has 0 saturated heterocycles. The van der Waals surface area contributed by atoms with Crippen molar-refractivity contribution in [2.24, 2.45) is 0 Å². The van der Waals surface area contributed by atoms with E-state index in [-0.39, 0.29) is 11.5 Å². The molecule has 3 aliphatic rings. The summed E-state index contributed by atoms with van der Waals surface area (Å²) in [5.74, 6) is 0.182. The van der Waals surface area contributed by atoms with Gasteiger partial charge in [-0.25, -0.2) is 0 Å².